The van der Waals surface area contributed by atoms with E-state index >= 15 is 0 Å². The zero-order valence-corrected chi connectivity index (χ0v) is 10.3. The van der Waals surface area contributed by atoms with E-state index in [1.165, 1.54) is 5.56 Å². The molecule has 0 aliphatic rings. The number of rotatable bonds is 4. The zero-order chi connectivity index (χ0) is 12.3. The topological polar surface area (TPSA) is 48.9 Å². The van der Waals surface area contributed by atoms with Crippen molar-refractivity contribution in [3.63, 3.8) is 0 Å². The van der Waals surface area contributed by atoms with Crippen molar-refractivity contribution in [3.8, 4) is 11.4 Å². The number of nitrogens with one attached hydrogen (secondary N) is 1. The Labute approximate surface area is 102 Å². The van der Waals surface area contributed by atoms with E-state index in [1.807, 2.05) is 0 Å². The lowest BCUT2D eigenvalue weighted by atomic mass is 10.0. The van der Waals surface area contributed by atoms with Crippen molar-refractivity contribution in [2.45, 2.75) is 26.9 Å². The van der Waals surface area contributed by atoms with Crippen molar-refractivity contribution in [1.82, 2.24) is 9.97 Å². The molecule has 0 fully saturated rings. The van der Waals surface area contributed by atoms with Gasteiger partial charge in [-0.3, -0.25) is 0 Å². The minimum absolute atomic E-state index is 0.00155. The van der Waals surface area contributed by atoms with Gasteiger partial charge in [-0.25, -0.2) is 4.98 Å². The second-order valence-corrected chi connectivity index (χ2v) is 4.71. The van der Waals surface area contributed by atoms with Crippen LogP contribution in [0, 0.1) is 5.92 Å². The summed E-state index contributed by atoms with van der Waals surface area (Å²) >= 11 is 0. The van der Waals surface area contributed by atoms with Gasteiger partial charge in [-0.15, -0.1) is 0 Å². The van der Waals surface area contributed by atoms with E-state index in [0.717, 1.165) is 23.5 Å². The van der Waals surface area contributed by atoms with Gasteiger partial charge in [0.2, 0.25) is 0 Å². The molecule has 0 spiro atoms. The van der Waals surface area contributed by atoms with Crippen molar-refractivity contribution in [3.05, 3.63) is 41.7 Å². The van der Waals surface area contributed by atoms with E-state index in [2.05, 4.69) is 48.1 Å². The molecule has 1 aromatic carbocycles. The maximum absolute atomic E-state index is 8.97. The van der Waals surface area contributed by atoms with E-state index in [9.17, 15) is 0 Å². The van der Waals surface area contributed by atoms with Gasteiger partial charge in [0.1, 0.15) is 5.82 Å². The van der Waals surface area contributed by atoms with E-state index in [0.29, 0.717) is 5.92 Å². The van der Waals surface area contributed by atoms with Gasteiger partial charge in [0.15, 0.2) is 0 Å². The molecular formula is C14H18N2O. The summed E-state index contributed by atoms with van der Waals surface area (Å²) in [5, 5.41) is 8.97. The molecule has 1 aromatic heterocycles. The first-order valence-electron chi connectivity index (χ1n) is 5.93. The van der Waals surface area contributed by atoms with Crippen LogP contribution in [0.5, 0.6) is 0 Å². The molecule has 2 rings (SSSR count). The number of aromatic nitrogens is 2. The lowest BCUT2D eigenvalue weighted by Gasteiger charge is -2.05. The molecule has 0 atom stereocenters. The van der Waals surface area contributed by atoms with E-state index in [4.69, 9.17) is 5.11 Å². The SMILES string of the molecule is CC(C)Cc1ccc(-c2ncc(CO)[nH]2)cc1. The van der Waals surface area contributed by atoms with E-state index in [1.54, 1.807) is 6.20 Å². The van der Waals surface area contributed by atoms with Gasteiger partial charge in [0.05, 0.1) is 18.5 Å². The Morgan fingerprint density at radius 2 is 1.94 bits per heavy atom. The first-order chi connectivity index (χ1) is 8.19. The second-order valence-electron chi connectivity index (χ2n) is 4.71. The summed E-state index contributed by atoms with van der Waals surface area (Å²) in [4.78, 5) is 7.31. The van der Waals surface area contributed by atoms with Crippen molar-refractivity contribution in [2.24, 2.45) is 5.92 Å². The van der Waals surface area contributed by atoms with Crippen LogP contribution in [0.3, 0.4) is 0 Å². The first-order valence-corrected chi connectivity index (χ1v) is 5.93. The predicted octanol–water partition coefficient (Wildman–Crippen LogP) is 2.77. The minimum atomic E-state index is -0.00155. The van der Waals surface area contributed by atoms with Crippen LogP contribution in [0.15, 0.2) is 30.5 Å². The Balaban J connectivity index is 2.17. The Morgan fingerprint density at radius 1 is 1.24 bits per heavy atom. The van der Waals surface area contributed by atoms with Crippen LogP contribution >= 0.6 is 0 Å². The summed E-state index contributed by atoms with van der Waals surface area (Å²) in [7, 11) is 0. The van der Waals surface area contributed by atoms with Gasteiger partial charge in [-0.1, -0.05) is 38.1 Å². The third kappa shape index (κ3) is 2.94. The molecule has 90 valence electrons. The van der Waals surface area contributed by atoms with Crippen molar-refractivity contribution >= 4 is 0 Å². The zero-order valence-electron chi connectivity index (χ0n) is 10.3. The normalized spacial score (nSPS) is 11.1. The quantitative estimate of drug-likeness (QED) is 0.848. The summed E-state index contributed by atoms with van der Waals surface area (Å²) in [6, 6.07) is 8.41. The molecule has 2 aromatic rings. The number of hydrogen-bond donors (Lipinski definition) is 2. The molecule has 3 nitrogen and oxygen atoms in total. The summed E-state index contributed by atoms with van der Waals surface area (Å²) in [5.41, 5.74) is 3.14. The fraction of sp³-hybridized carbons (Fsp3) is 0.357. The molecule has 0 aliphatic heterocycles. The summed E-state index contributed by atoms with van der Waals surface area (Å²) < 4.78 is 0. The third-order valence-corrected chi connectivity index (χ3v) is 2.67. The highest BCUT2D eigenvalue weighted by atomic mass is 16.3. The molecule has 0 saturated carbocycles. The number of imidazole rings is 1. The highest BCUT2D eigenvalue weighted by Crippen LogP contribution is 2.17. The summed E-state index contributed by atoms with van der Waals surface area (Å²) in [5.74, 6) is 1.48. The standard InChI is InChI=1S/C14H18N2O/c1-10(2)7-11-3-5-12(6-4-11)14-15-8-13(9-17)16-14/h3-6,8,10,17H,7,9H2,1-2H3,(H,15,16). The van der Waals surface area contributed by atoms with Crippen molar-refractivity contribution < 1.29 is 5.11 Å². The van der Waals surface area contributed by atoms with Crippen LogP contribution < -0.4 is 0 Å². The molecule has 1 heterocycles. The monoisotopic (exact) mass is 230 g/mol. The second kappa shape index (κ2) is 5.15. The Hall–Kier alpha value is -1.61. The largest absolute Gasteiger partial charge is 0.390 e. The highest BCUT2D eigenvalue weighted by Gasteiger charge is 2.03. The van der Waals surface area contributed by atoms with Crippen LogP contribution in [0.4, 0.5) is 0 Å². The molecular weight excluding hydrogens is 212 g/mol. The molecule has 0 bridgehead atoms. The lowest BCUT2D eigenvalue weighted by molar-refractivity contribution is 0.277. The van der Waals surface area contributed by atoms with Gasteiger partial charge >= 0.3 is 0 Å². The third-order valence-electron chi connectivity index (χ3n) is 2.67. The number of nitrogens with zero attached hydrogens (tertiary/aromatic N) is 1. The molecule has 0 saturated heterocycles. The van der Waals surface area contributed by atoms with Crippen LogP contribution in [0.1, 0.15) is 25.1 Å². The van der Waals surface area contributed by atoms with Gasteiger partial charge in [-0.05, 0) is 17.9 Å². The Morgan fingerprint density at radius 3 is 2.47 bits per heavy atom. The Bertz CT molecular complexity index is 471. The van der Waals surface area contributed by atoms with Crippen LogP contribution in [-0.4, -0.2) is 15.1 Å². The highest BCUT2D eigenvalue weighted by molar-refractivity contribution is 5.55. The molecule has 0 amide bonds. The molecule has 0 radical (unpaired) electrons. The number of H-pyrrole nitrogens is 1. The molecule has 3 heteroatoms. The number of aromatic amines is 1. The van der Waals surface area contributed by atoms with E-state index in [-0.39, 0.29) is 6.61 Å². The van der Waals surface area contributed by atoms with Gasteiger partial charge < -0.3 is 10.1 Å². The fourth-order valence-corrected chi connectivity index (χ4v) is 1.86. The molecule has 17 heavy (non-hydrogen) atoms. The van der Waals surface area contributed by atoms with Crippen molar-refractivity contribution in [2.75, 3.05) is 0 Å². The van der Waals surface area contributed by atoms with Gasteiger partial charge in [-0.2, -0.15) is 0 Å². The number of benzene rings is 1. The maximum Gasteiger partial charge on any atom is 0.137 e. The smallest absolute Gasteiger partial charge is 0.137 e. The minimum Gasteiger partial charge on any atom is -0.390 e. The molecule has 0 aliphatic carbocycles. The fourth-order valence-electron chi connectivity index (χ4n) is 1.86. The lowest BCUT2D eigenvalue weighted by Crippen LogP contribution is -1.93. The average molecular weight is 230 g/mol. The predicted molar refractivity (Wildman–Crippen MR) is 68.5 cm³/mol. The van der Waals surface area contributed by atoms with E-state index < -0.39 is 0 Å². The summed E-state index contributed by atoms with van der Waals surface area (Å²) in [6.07, 6.45) is 2.76. The average Bonchev–Trinajstić information content (AvgIpc) is 2.78. The van der Waals surface area contributed by atoms with Gasteiger partial charge in [0.25, 0.3) is 0 Å². The molecule has 2 N–H and O–H groups in total. The number of aliphatic hydroxyl groups excluding tert-OH is 1. The number of aliphatic hydroxyl groups is 1. The van der Waals surface area contributed by atoms with Crippen LogP contribution in [-0.2, 0) is 13.0 Å². The van der Waals surface area contributed by atoms with Crippen LogP contribution in [0.25, 0.3) is 11.4 Å². The molecule has 0 unspecified atom stereocenters. The van der Waals surface area contributed by atoms with Gasteiger partial charge in [0, 0.05) is 5.56 Å². The first kappa shape index (κ1) is 11.9. The van der Waals surface area contributed by atoms with Crippen LogP contribution in [0.2, 0.25) is 0 Å². The summed E-state index contributed by atoms with van der Waals surface area (Å²) in [6.45, 7) is 4.43. The Kier molecular flexibility index (Phi) is 3.59. The van der Waals surface area contributed by atoms with Crippen molar-refractivity contribution in [1.29, 1.82) is 0 Å². The maximum atomic E-state index is 8.97. The number of hydrogen-bond acceptors (Lipinski definition) is 2.